The van der Waals surface area contributed by atoms with E-state index >= 15 is 0 Å². The van der Waals surface area contributed by atoms with Gasteiger partial charge in [0.25, 0.3) is 0 Å². The molecule has 134 valence electrons. The van der Waals surface area contributed by atoms with E-state index in [1.165, 1.54) is 17.7 Å². The van der Waals surface area contributed by atoms with Gasteiger partial charge in [0, 0.05) is 32.7 Å². The van der Waals surface area contributed by atoms with Gasteiger partial charge in [-0.15, -0.1) is 0 Å². The molecule has 0 saturated carbocycles. The van der Waals surface area contributed by atoms with Crippen LogP contribution in [0.25, 0.3) is 0 Å². The third-order valence-corrected chi connectivity index (χ3v) is 4.70. The van der Waals surface area contributed by atoms with E-state index in [1.54, 1.807) is 12.1 Å². The van der Waals surface area contributed by atoms with Gasteiger partial charge in [-0.2, -0.15) is 5.26 Å². The zero-order valence-electron chi connectivity index (χ0n) is 14.7. The Bertz CT molecular complexity index is 780. The molecular weight excluding hydrogens is 329 g/mol. The highest BCUT2D eigenvalue weighted by molar-refractivity contribution is 5.78. The van der Waals surface area contributed by atoms with E-state index in [0.717, 1.165) is 38.2 Å². The lowest BCUT2D eigenvalue weighted by molar-refractivity contribution is -0.130. The monoisotopic (exact) mass is 351 g/mol. The second-order valence-corrected chi connectivity index (χ2v) is 6.62. The first kappa shape index (κ1) is 18.1. The Kier molecular flexibility index (Phi) is 5.98. The van der Waals surface area contributed by atoms with Gasteiger partial charge in [0.2, 0.25) is 5.91 Å². The largest absolute Gasteiger partial charge is 0.341 e. The highest BCUT2D eigenvalue weighted by atomic mass is 19.1. The summed E-state index contributed by atoms with van der Waals surface area (Å²) in [5.74, 6) is -0.189. The van der Waals surface area contributed by atoms with Crippen molar-refractivity contribution in [3.8, 4) is 6.07 Å². The first-order chi connectivity index (χ1) is 12.6. The number of carbonyl (C=O) groups excluding carboxylic acids is 1. The number of nitrogens with zero attached hydrogens (tertiary/aromatic N) is 3. The molecule has 0 atom stereocenters. The number of carbonyl (C=O) groups is 1. The molecule has 1 heterocycles. The molecule has 0 spiro atoms. The molecule has 4 nitrogen and oxygen atoms in total. The second-order valence-electron chi connectivity index (χ2n) is 6.62. The maximum atomic E-state index is 13.0. The van der Waals surface area contributed by atoms with Crippen molar-refractivity contribution in [1.29, 1.82) is 5.26 Å². The zero-order chi connectivity index (χ0) is 18.4. The van der Waals surface area contributed by atoms with Crippen LogP contribution in [-0.2, 0) is 17.8 Å². The maximum Gasteiger partial charge on any atom is 0.227 e. The van der Waals surface area contributed by atoms with Crippen LogP contribution in [0.15, 0.2) is 48.5 Å². The zero-order valence-corrected chi connectivity index (χ0v) is 14.7. The predicted octanol–water partition coefficient (Wildman–Crippen LogP) is 2.97. The molecule has 26 heavy (non-hydrogen) atoms. The topological polar surface area (TPSA) is 47.3 Å². The molecule has 3 rings (SSSR count). The lowest BCUT2D eigenvalue weighted by Crippen LogP contribution is -2.36. The molecule has 1 aliphatic heterocycles. The lowest BCUT2D eigenvalue weighted by atomic mass is 10.1. The van der Waals surface area contributed by atoms with E-state index in [0.29, 0.717) is 18.5 Å². The van der Waals surface area contributed by atoms with Crippen LogP contribution in [0.4, 0.5) is 4.39 Å². The highest BCUT2D eigenvalue weighted by Crippen LogP contribution is 2.12. The summed E-state index contributed by atoms with van der Waals surface area (Å²) in [5.41, 5.74) is 2.69. The fraction of sp³-hybridized carbons (Fsp3) is 0.333. The molecule has 1 saturated heterocycles. The highest BCUT2D eigenvalue weighted by Gasteiger charge is 2.19. The summed E-state index contributed by atoms with van der Waals surface area (Å²) < 4.78 is 13.0. The number of rotatable bonds is 4. The average molecular weight is 351 g/mol. The molecule has 0 aliphatic carbocycles. The van der Waals surface area contributed by atoms with Crippen LogP contribution in [0, 0.1) is 17.1 Å². The number of hydrogen-bond acceptors (Lipinski definition) is 3. The van der Waals surface area contributed by atoms with Crippen LogP contribution in [0.1, 0.15) is 23.1 Å². The van der Waals surface area contributed by atoms with Crippen LogP contribution in [0.5, 0.6) is 0 Å². The van der Waals surface area contributed by atoms with Gasteiger partial charge < -0.3 is 4.90 Å². The Balaban J connectivity index is 1.53. The van der Waals surface area contributed by atoms with Crippen LogP contribution in [0.3, 0.4) is 0 Å². The van der Waals surface area contributed by atoms with Crippen LogP contribution < -0.4 is 0 Å². The molecule has 0 radical (unpaired) electrons. The first-order valence-corrected chi connectivity index (χ1v) is 8.87. The summed E-state index contributed by atoms with van der Waals surface area (Å²) in [4.78, 5) is 16.8. The van der Waals surface area contributed by atoms with Crippen molar-refractivity contribution >= 4 is 5.91 Å². The van der Waals surface area contributed by atoms with Gasteiger partial charge >= 0.3 is 0 Å². The van der Waals surface area contributed by atoms with Crippen molar-refractivity contribution in [2.75, 3.05) is 26.2 Å². The Morgan fingerprint density at radius 3 is 2.35 bits per heavy atom. The van der Waals surface area contributed by atoms with Gasteiger partial charge in [-0.25, -0.2) is 4.39 Å². The Labute approximate surface area is 153 Å². The average Bonchev–Trinajstić information content (AvgIpc) is 2.90. The van der Waals surface area contributed by atoms with Crippen molar-refractivity contribution in [3.05, 3.63) is 71.0 Å². The first-order valence-electron chi connectivity index (χ1n) is 8.87. The Morgan fingerprint density at radius 2 is 1.65 bits per heavy atom. The smallest absolute Gasteiger partial charge is 0.227 e. The summed E-state index contributed by atoms with van der Waals surface area (Å²) in [7, 11) is 0. The van der Waals surface area contributed by atoms with E-state index in [1.807, 2.05) is 29.2 Å². The minimum atomic E-state index is -0.283. The molecule has 0 bridgehead atoms. The minimum Gasteiger partial charge on any atom is -0.341 e. The van der Waals surface area contributed by atoms with Crippen molar-refractivity contribution < 1.29 is 9.18 Å². The third kappa shape index (κ3) is 4.90. The molecule has 0 aromatic heterocycles. The number of amides is 1. The van der Waals surface area contributed by atoms with Gasteiger partial charge in [-0.3, -0.25) is 9.69 Å². The van der Waals surface area contributed by atoms with Crippen LogP contribution in [-0.4, -0.2) is 41.9 Å². The molecule has 1 aliphatic rings. The number of halogens is 1. The van der Waals surface area contributed by atoms with Gasteiger partial charge in [0.15, 0.2) is 0 Å². The Morgan fingerprint density at radius 1 is 0.962 bits per heavy atom. The number of nitriles is 1. The van der Waals surface area contributed by atoms with E-state index in [9.17, 15) is 9.18 Å². The summed E-state index contributed by atoms with van der Waals surface area (Å²) in [6.07, 6.45) is 1.25. The van der Waals surface area contributed by atoms with Crippen molar-refractivity contribution in [2.45, 2.75) is 19.4 Å². The quantitative estimate of drug-likeness (QED) is 0.851. The van der Waals surface area contributed by atoms with Gasteiger partial charge in [-0.05, 0) is 41.8 Å². The molecule has 2 aromatic rings. The predicted molar refractivity (Wildman–Crippen MR) is 97.7 cm³/mol. The summed E-state index contributed by atoms with van der Waals surface area (Å²) in [6, 6.07) is 15.9. The molecule has 1 fully saturated rings. The van der Waals surface area contributed by atoms with Gasteiger partial charge in [0.1, 0.15) is 5.82 Å². The molecule has 0 unspecified atom stereocenters. The summed E-state index contributed by atoms with van der Waals surface area (Å²) >= 11 is 0. The molecule has 5 heteroatoms. The van der Waals surface area contributed by atoms with Crippen LogP contribution >= 0.6 is 0 Å². The third-order valence-electron chi connectivity index (χ3n) is 4.70. The Hall–Kier alpha value is -2.71. The molecule has 0 N–H and O–H groups in total. The SMILES string of the molecule is N#Cc1ccc(CN2CCCN(C(=O)Cc3ccc(F)cc3)CC2)cc1. The van der Waals surface area contributed by atoms with E-state index in [2.05, 4.69) is 11.0 Å². The minimum absolute atomic E-state index is 0.0943. The van der Waals surface area contributed by atoms with E-state index in [-0.39, 0.29) is 11.7 Å². The van der Waals surface area contributed by atoms with Gasteiger partial charge in [-0.1, -0.05) is 24.3 Å². The lowest BCUT2D eigenvalue weighted by Gasteiger charge is -2.22. The van der Waals surface area contributed by atoms with Crippen molar-refractivity contribution in [2.24, 2.45) is 0 Å². The fourth-order valence-corrected chi connectivity index (χ4v) is 3.21. The normalized spacial score (nSPS) is 15.3. The van der Waals surface area contributed by atoms with Crippen molar-refractivity contribution in [1.82, 2.24) is 9.80 Å². The summed E-state index contributed by atoms with van der Waals surface area (Å²) in [5, 5.41) is 8.87. The standard InChI is InChI=1S/C21H22FN3O/c22-20-8-6-17(7-9-20)14-21(26)25-11-1-10-24(12-13-25)16-19-4-2-18(15-23)3-5-19/h2-9H,1,10-14,16H2. The van der Waals surface area contributed by atoms with Gasteiger partial charge in [0.05, 0.1) is 18.1 Å². The van der Waals surface area contributed by atoms with Crippen molar-refractivity contribution in [3.63, 3.8) is 0 Å². The van der Waals surface area contributed by atoms with E-state index < -0.39 is 0 Å². The van der Waals surface area contributed by atoms with E-state index in [4.69, 9.17) is 5.26 Å². The second kappa shape index (κ2) is 8.59. The molecule has 2 aromatic carbocycles. The summed E-state index contributed by atoms with van der Waals surface area (Å²) in [6.45, 7) is 4.06. The maximum absolute atomic E-state index is 13.0. The fourth-order valence-electron chi connectivity index (χ4n) is 3.21. The number of benzene rings is 2. The molecular formula is C21H22FN3O. The number of hydrogen-bond donors (Lipinski definition) is 0. The van der Waals surface area contributed by atoms with Crippen LogP contribution in [0.2, 0.25) is 0 Å². The molecule has 1 amide bonds.